The van der Waals surface area contributed by atoms with E-state index >= 15 is 0 Å². The molecule has 0 spiro atoms. The molecule has 1 N–H and O–H groups in total. The molecule has 4 aromatic rings. The van der Waals surface area contributed by atoms with Gasteiger partial charge in [-0.05, 0) is 53.9 Å². The quantitative estimate of drug-likeness (QED) is 0.444. The fourth-order valence-corrected chi connectivity index (χ4v) is 4.43. The summed E-state index contributed by atoms with van der Waals surface area (Å²) in [4.78, 5) is 15.7. The molecule has 0 fully saturated rings. The van der Waals surface area contributed by atoms with E-state index in [0.29, 0.717) is 18.0 Å². The van der Waals surface area contributed by atoms with Gasteiger partial charge in [0.15, 0.2) is 0 Å². The average molecular weight is 424 g/mol. The van der Waals surface area contributed by atoms with Crippen molar-refractivity contribution in [1.29, 1.82) is 0 Å². The summed E-state index contributed by atoms with van der Waals surface area (Å²) in [5, 5.41) is 3.11. The summed E-state index contributed by atoms with van der Waals surface area (Å²) in [5.41, 5.74) is 6.01. The number of hydrogen-bond donors (Lipinski definition) is 1. The van der Waals surface area contributed by atoms with Crippen molar-refractivity contribution in [2.45, 2.75) is 19.5 Å². The van der Waals surface area contributed by atoms with Crippen LogP contribution in [0.25, 0.3) is 5.69 Å². The van der Waals surface area contributed by atoms with E-state index in [9.17, 15) is 4.79 Å². The van der Waals surface area contributed by atoms with Crippen LogP contribution in [0.5, 0.6) is 5.75 Å². The van der Waals surface area contributed by atoms with Crippen molar-refractivity contribution in [3.05, 3.63) is 114 Å². The van der Waals surface area contributed by atoms with Gasteiger partial charge >= 0.3 is 6.03 Å². The Kier molecular flexibility index (Phi) is 5.15. The molecular formula is C27H25N3O2. The fourth-order valence-electron chi connectivity index (χ4n) is 4.43. The van der Waals surface area contributed by atoms with E-state index in [2.05, 4.69) is 46.4 Å². The van der Waals surface area contributed by atoms with Crippen LogP contribution in [0.2, 0.25) is 0 Å². The molecule has 2 amide bonds. The maximum atomic E-state index is 13.8. The number of aryl methyl sites for hydroxylation is 1. The first-order valence-electron chi connectivity index (χ1n) is 10.7. The predicted octanol–water partition coefficient (Wildman–Crippen LogP) is 5.93. The highest BCUT2D eigenvalue weighted by Gasteiger charge is 2.33. The minimum atomic E-state index is -0.241. The molecule has 3 aromatic carbocycles. The van der Waals surface area contributed by atoms with Gasteiger partial charge in [-0.25, -0.2) is 4.79 Å². The largest absolute Gasteiger partial charge is 0.495 e. The van der Waals surface area contributed by atoms with E-state index in [1.165, 1.54) is 0 Å². The SMILES string of the molecule is COc1ccc(C)cc1NC(=O)N1Cc2ccccc2-n2cccc2[C@@H]1c1ccccc1. The number of benzene rings is 3. The summed E-state index contributed by atoms with van der Waals surface area (Å²) in [5.74, 6) is 0.638. The summed E-state index contributed by atoms with van der Waals surface area (Å²) in [7, 11) is 1.61. The van der Waals surface area contributed by atoms with Gasteiger partial charge in [0.2, 0.25) is 0 Å². The van der Waals surface area contributed by atoms with Crippen LogP contribution in [0.15, 0.2) is 91.1 Å². The highest BCUT2D eigenvalue weighted by atomic mass is 16.5. The number of hydrogen-bond acceptors (Lipinski definition) is 2. The molecule has 0 unspecified atom stereocenters. The van der Waals surface area contributed by atoms with Crippen molar-refractivity contribution >= 4 is 11.7 Å². The zero-order chi connectivity index (χ0) is 22.1. The second-order valence-electron chi connectivity index (χ2n) is 8.01. The lowest BCUT2D eigenvalue weighted by atomic mass is 10.0. The minimum absolute atomic E-state index is 0.174. The summed E-state index contributed by atoms with van der Waals surface area (Å²) in [6.07, 6.45) is 2.06. The number of para-hydroxylation sites is 1. The Bertz CT molecular complexity index is 1260. The predicted molar refractivity (Wildman–Crippen MR) is 126 cm³/mol. The Hall–Kier alpha value is -3.99. The van der Waals surface area contributed by atoms with Gasteiger partial charge in [-0.1, -0.05) is 54.6 Å². The van der Waals surface area contributed by atoms with E-state index in [0.717, 1.165) is 28.1 Å². The van der Waals surface area contributed by atoms with E-state index in [-0.39, 0.29) is 12.1 Å². The third kappa shape index (κ3) is 3.52. The number of methoxy groups -OCH3 is 1. The summed E-state index contributed by atoms with van der Waals surface area (Å²) in [6, 6.07) is 27.9. The highest BCUT2D eigenvalue weighted by Crippen LogP contribution is 2.37. The number of urea groups is 1. The lowest BCUT2D eigenvalue weighted by Gasteiger charge is -2.31. The maximum absolute atomic E-state index is 13.8. The minimum Gasteiger partial charge on any atom is -0.495 e. The topological polar surface area (TPSA) is 46.5 Å². The Morgan fingerprint density at radius 1 is 0.969 bits per heavy atom. The molecule has 160 valence electrons. The number of nitrogens with zero attached hydrogens (tertiary/aromatic N) is 2. The lowest BCUT2D eigenvalue weighted by Crippen LogP contribution is -2.38. The number of carbonyl (C=O) groups is 1. The summed E-state index contributed by atoms with van der Waals surface area (Å²) >= 11 is 0. The van der Waals surface area contributed by atoms with Gasteiger partial charge in [-0.2, -0.15) is 0 Å². The molecule has 0 bridgehead atoms. The number of nitrogens with one attached hydrogen (secondary N) is 1. The number of rotatable bonds is 3. The molecule has 0 saturated heterocycles. The second-order valence-corrected chi connectivity index (χ2v) is 8.01. The first-order valence-corrected chi connectivity index (χ1v) is 10.7. The van der Waals surface area contributed by atoms with Crippen molar-refractivity contribution in [2.75, 3.05) is 12.4 Å². The Balaban J connectivity index is 1.62. The monoisotopic (exact) mass is 423 g/mol. The van der Waals surface area contributed by atoms with Crippen molar-refractivity contribution in [3.63, 3.8) is 0 Å². The Labute approximate surface area is 187 Å². The van der Waals surface area contributed by atoms with Crippen molar-refractivity contribution in [3.8, 4) is 11.4 Å². The number of fused-ring (bicyclic) bond motifs is 3. The molecule has 32 heavy (non-hydrogen) atoms. The number of amides is 2. The van der Waals surface area contributed by atoms with Crippen molar-refractivity contribution in [2.24, 2.45) is 0 Å². The number of carbonyl (C=O) groups excluding carboxylic acids is 1. The van der Waals surface area contributed by atoms with Crippen LogP contribution in [0.1, 0.15) is 28.4 Å². The highest BCUT2D eigenvalue weighted by molar-refractivity contribution is 5.92. The number of ether oxygens (including phenoxy) is 1. The van der Waals surface area contributed by atoms with Crippen LogP contribution in [-0.4, -0.2) is 22.6 Å². The average Bonchev–Trinajstić information content (AvgIpc) is 3.24. The smallest absolute Gasteiger partial charge is 0.323 e. The van der Waals surface area contributed by atoms with Crippen LogP contribution in [-0.2, 0) is 6.54 Å². The van der Waals surface area contributed by atoms with Gasteiger partial charge in [0.25, 0.3) is 0 Å². The molecule has 2 heterocycles. The third-order valence-corrected chi connectivity index (χ3v) is 5.94. The van der Waals surface area contributed by atoms with Crippen molar-refractivity contribution < 1.29 is 9.53 Å². The van der Waals surface area contributed by atoms with Crippen molar-refractivity contribution in [1.82, 2.24) is 9.47 Å². The van der Waals surface area contributed by atoms with Crippen LogP contribution in [0, 0.1) is 6.92 Å². The van der Waals surface area contributed by atoms with Gasteiger partial charge < -0.3 is 19.5 Å². The molecule has 1 aliphatic heterocycles. The van der Waals surface area contributed by atoms with E-state index in [1.54, 1.807) is 7.11 Å². The van der Waals surface area contributed by atoms with E-state index < -0.39 is 0 Å². The molecule has 1 aliphatic rings. The molecular weight excluding hydrogens is 398 g/mol. The first-order chi connectivity index (χ1) is 15.7. The van der Waals surface area contributed by atoms with Gasteiger partial charge in [-0.15, -0.1) is 0 Å². The van der Waals surface area contributed by atoms with Crippen LogP contribution >= 0.6 is 0 Å². The number of anilines is 1. The second kappa shape index (κ2) is 8.27. The molecule has 5 heteroatoms. The normalized spacial score (nSPS) is 14.8. The fraction of sp³-hybridized carbons (Fsp3) is 0.148. The molecule has 0 aliphatic carbocycles. The Morgan fingerprint density at radius 3 is 2.56 bits per heavy atom. The van der Waals surface area contributed by atoms with E-state index in [1.807, 2.05) is 66.4 Å². The summed E-state index contributed by atoms with van der Waals surface area (Å²) in [6.45, 7) is 2.48. The molecule has 1 aromatic heterocycles. The Morgan fingerprint density at radius 2 is 1.75 bits per heavy atom. The zero-order valence-electron chi connectivity index (χ0n) is 18.2. The van der Waals surface area contributed by atoms with Gasteiger partial charge in [0.05, 0.1) is 31.1 Å². The molecule has 5 nitrogen and oxygen atoms in total. The van der Waals surface area contributed by atoms with E-state index in [4.69, 9.17) is 4.74 Å². The van der Waals surface area contributed by atoms with Gasteiger partial charge in [-0.3, -0.25) is 0 Å². The van der Waals surface area contributed by atoms with Crippen LogP contribution in [0.4, 0.5) is 10.5 Å². The zero-order valence-corrected chi connectivity index (χ0v) is 18.2. The van der Waals surface area contributed by atoms with Gasteiger partial charge in [0, 0.05) is 11.9 Å². The maximum Gasteiger partial charge on any atom is 0.323 e. The van der Waals surface area contributed by atoms with Crippen LogP contribution in [0.3, 0.4) is 0 Å². The standard InChI is InChI=1S/C27H25N3O2/c1-19-14-15-25(32-2)22(17-19)28-27(31)30-18-21-11-6-7-12-23(21)29-16-8-13-24(29)26(30)20-9-4-3-5-10-20/h3-17,26H,18H2,1-2H3,(H,28,31)/t26-/m0/s1. The molecule has 0 radical (unpaired) electrons. The third-order valence-electron chi connectivity index (χ3n) is 5.94. The molecule has 5 rings (SSSR count). The number of aromatic nitrogens is 1. The summed E-state index contributed by atoms with van der Waals surface area (Å²) < 4.78 is 7.68. The molecule has 0 saturated carbocycles. The first kappa shape index (κ1) is 19.9. The van der Waals surface area contributed by atoms with Gasteiger partial charge in [0.1, 0.15) is 5.75 Å². The molecule has 1 atom stereocenters. The van der Waals surface area contributed by atoms with Crippen LogP contribution < -0.4 is 10.1 Å². The lowest BCUT2D eigenvalue weighted by molar-refractivity contribution is 0.194.